The molecule has 5 aliphatic heterocycles. The summed E-state index contributed by atoms with van der Waals surface area (Å²) >= 11 is 1.98. The first-order valence-electron chi connectivity index (χ1n) is 16.5. The summed E-state index contributed by atoms with van der Waals surface area (Å²) in [5.41, 5.74) is 4.24. The quantitative estimate of drug-likeness (QED) is 0.268. The zero-order chi connectivity index (χ0) is 28.7. The van der Waals surface area contributed by atoms with Gasteiger partial charge >= 0.3 is 0 Å². The minimum Gasteiger partial charge on any atom is -0.769 e. The van der Waals surface area contributed by atoms with Crippen LogP contribution in [0.2, 0.25) is 0 Å². The Balaban J connectivity index is 0.000000189. The van der Waals surface area contributed by atoms with Gasteiger partial charge in [-0.05, 0) is 60.3 Å². The van der Waals surface area contributed by atoms with Crippen LogP contribution in [0.5, 0.6) is 0 Å². The zero-order valence-corrected chi connectivity index (χ0v) is 26.8. The van der Waals surface area contributed by atoms with Gasteiger partial charge in [-0.2, -0.15) is 11.6 Å². The van der Waals surface area contributed by atoms with Gasteiger partial charge in [-0.1, -0.05) is 57.9 Å². The van der Waals surface area contributed by atoms with Crippen molar-refractivity contribution in [2.24, 2.45) is 40.5 Å². The number of hydrogen-bond donors (Lipinski definition) is 0. The fraction of sp³-hybridized carbons (Fsp3) is 0.697. The minimum atomic E-state index is -2.09. The van der Waals surface area contributed by atoms with Gasteiger partial charge in [0.1, 0.15) is 0 Å². The summed E-state index contributed by atoms with van der Waals surface area (Å²) in [4.78, 5) is 6.03. The van der Waals surface area contributed by atoms with Gasteiger partial charge in [-0.25, -0.2) is 12.0 Å². The van der Waals surface area contributed by atoms with Gasteiger partial charge in [-0.15, -0.1) is 43.7 Å². The van der Waals surface area contributed by atoms with Crippen LogP contribution in [0, 0.1) is 48.0 Å². The predicted octanol–water partition coefficient (Wildman–Crippen LogP) is 8.55. The Labute approximate surface area is 259 Å². The summed E-state index contributed by atoms with van der Waals surface area (Å²) in [5, 5.41) is 9.61. The van der Waals surface area contributed by atoms with E-state index >= 15 is 0 Å². The van der Waals surface area contributed by atoms with E-state index in [1.54, 1.807) is 0 Å². The van der Waals surface area contributed by atoms with Crippen molar-refractivity contribution in [2.75, 3.05) is 18.8 Å². The molecule has 5 heterocycles. The van der Waals surface area contributed by atoms with Crippen LogP contribution in [0.25, 0.3) is 10.6 Å². The van der Waals surface area contributed by atoms with Crippen LogP contribution in [0.1, 0.15) is 83.1 Å². The van der Waals surface area contributed by atoms with Crippen LogP contribution in [0.3, 0.4) is 0 Å². The van der Waals surface area contributed by atoms with Gasteiger partial charge in [0.05, 0.1) is 0 Å². The molecule has 0 aromatic rings. The molecule has 2 aliphatic carbocycles. The third kappa shape index (κ3) is 6.30. The molecule has 39 heavy (non-hydrogen) atoms. The van der Waals surface area contributed by atoms with Gasteiger partial charge < -0.3 is 21.1 Å². The van der Waals surface area contributed by atoms with Crippen molar-refractivity contribution < 1.29 is 29.0 Å². The van der Waals surface area contributed by atoms with Gasteiger partial charge in [-0.3, -0.25) is 11.1 Å². The van der Waals surface area contributed by atoms with E-state index in [9.17, 15) is 0 Å². The van der Waals surface area contributed by atoms with Crippen molar-refractivity contribution in [3.63, 3.8) is 0 Å². The molecule has 4 unspecified atom stereocenters. The first kappa shape index (κ1) is 25.7. The Hall–Kier alpha value is -0.941. The number of fused-ring (bicyclic) bond motifs is 4. The maximum Gasteiger partial charge on any atom is 0.171 e. The van der Waals surface area contributed by atoms with Crippen LogP contribution < -0.4 is 0 Å². The second-order valence-corrected chi connectivity index (χ2v) is 13.6. The maximum absolute atomic E-state index is 7.67. The number of rotatable bonds is 2. The molecule has 217 valence electrons. The van der Waals surface area contributed by atoms with Crippen LogP contribution in [-0.4, -0.2) is 36.8 Å². The summed E-state index contributed by atoms with van der Waals surface area (Å²) in [6.45, 7) is 6.58. The molecular formula is C33H45IrN3OS-4. The molecule has 0 spiro atoms. The fourth-order valence-electron chi connectivity index (χ4n) is 7.04. The minimum absolute atomic E-state index is 0. The van der Waals surface area contributed by atoms with Crippen molar-refractivity contribution in [1.82, 2.24) is 0 Å². The number of thioether (sulfide) groups is 1. The van der Waals surface area contributed by atoms with Crippen LogP contribution in [0.4, 0.5) is 0 Å². The number of ether oxygens (including phenoxy) is 1. The van der Waals surface area contributed by atoms with E-state index in [-0.39, 0.29) is 32.4 Å². The van der Waals surface area contributed by atoms with Crippen molar-refractivity contribution in [3.8, 4) is 0 Å². The zero-order valence-electron chi connectivity index (χ0n) is 26.6. The number of aliphatic imine (C=N–C) groups is 1. The van der Waals surface area contributed by atoms with E-state index in [1.807, 2.05) is 11.8 Å². The van der Waals surface area contributed by atoms with Crippen molar-refractivity contribution in [2.45, 2.75) is 91.3 Å². The topological polar surface area (TPSA) is 49.8 Å². The first-order valence-corrected chi connectivity index (χ1v) is 16.0. The van der Waals surface area contributed by atoms with Crippen LogP contribution in [-0.2, 0) is 24.8 Å². The van der Waals surface area contributed by atoms with E-state index in [2.05, 4.69) is 55.7 Å². The molecule has 0 amide bonds. The monoisotopic (exact) mass is 727 g/mol. The molecule has 6 heteroatoms. The van der Waals surface area contributed by atoms with E-state index in [0.29, 0.717) is 41.7 Å². The molecule has 8 atom stereocenters. The molecule has 0 aromatic heterocycles. The average Bonchev–Trinajstić information content (AvgIpc) is 3.59. The molecular weight excluding hydrogens is 679 g/mol. The summed E-state index contributed by atoms with van der Waals surface area (Å²) in [7, 11) is 0. The van der Waals surface area contributed by atoms with Crippen LogP contribution in [0.15, 0.2) is 44.7 Å². The van der Waals surface area contributed by atoms with Crippen molar-refractivity contribution in [1.29, 1.82) is 0 Å². The number of allylic oxidation sites excluding steroid dienone is 4. The van der Waals surface area contributed by atoms with Gasteiger partial charge in [0, 0.05) is 35.8 Å². The van der Waals surface area contributed by atoms with E-state index in [1.165, 1.54) is 46.8 Å². The Bertz CT molecular complexity index is 1160. The molecule has 2 saturated heterocycles. The molecule has 7 aliphatic rings. The summed E-state index contributed by atoms with van der Waals surface area (Å²) < 4.78 is 29.3. The largest absolute Gasteiger partial charge is 0.769 e. The SMILES string of the molecule is C[C@H]1C[C-]=C(C2=C[C@H](C)[C@H](C)C[N-]2)CC1.[2H]C([2H])([2H])C1=NC2OC3=C([C@@H]4[N-]CC=C5SCCC54)[CH-]CCC3C2CC1.[Ir]. The fourth-order valence-corrected chi connectivity index (χ4v) is 8.30. The van der Waals surface area contributed by atoms with Crippen molar-refractivity contribution in [3.05, 3.63) is 62.8 Å². The predicted molar refractivity (Wildman–Crippen MR) is 160 cm³/mol. The van der Waals surface area contributed by atoms with E-state index in [0.717, 1.165) is 50.4 Å². The smallest absolute Gasteiger partial charge is 0.171 e. The third-order valence-electron chi connectivity index (χ3n) is 9.68. The second kappa shape index (κ2) is 12.9. The van der Waals surface area contributed by atoms with Gasteiger partial charge in [0.25, 0.3) is 0 Å². The van der Waals surface area contributed by atoms with Gasteiger partial charge in [0.15, 0.2) is 6.23 Å². The molecule has 0 N–H and O–H groups in total. The molecule has 0 aromatic carbocycles. The number of hydrogen-bond acceptors (Lipinski definition) is 3. The standard InChI is InChI=1S/C19H24N2OS.C14H21N.Ir/c1-11-5-6-13-12-3-2-4-15(18(12)22-19(13)21-11)17-14-8-10-23-16(14)7-9-20-17;1-10-4-6-13(7-5-10)14-8-11(2)12(3)9-15-14;/h4,7,12-14,17,19H,2-3,5-6,8-10H2,1H3;8,10-12H,4-6,9H2,1-3H3;/q2*-2;/t12?,13?,14?,17-,19?;10-,11+,12-;/m11./s1/i1D3;;. The van der Waals surface area contributed by atoms with E-state index in [4.69, 9.17) is 14.2 Å². The molecule has 0 saturated carbocycles. The Morgan fingerprint density at radius 3 is 2.85 bits per heavy atom. The molecule has 1 radical (unpaired) electrons. The Morgan fingerprint density at radius 2 is 2.05 bits per heavy atom. The number of nitrogens with zero attached hydrogens (tertiary/aromatic N) is 3. The normalized spacial score (nSPS) is 40.3. The second-order valence-electron chi connectivity index (χ2n) is 12.4. The first-order chi connectivity index (χ1) is 19.7. The molecule has 7 rings (SSSR count). The molecule has 0 bridgehead atoms. The van der Waals surface area contributed by atoms with E-state index < -0.39 is 6.85 Å². The average molecular weight is 727 g/mol. The summed E-state index contributed by atoms with van der Waals surface area (Å²) in [5.74, 6) is 5.69. The van der Waals surface area contributed by atoms with Crippen molar-refractivity contribution >= 4 is 17.5 Å². The Morgan fingerprint density at radius 1 is 1.15 bits per heavy atom. The van der Waals surface area contributed by atoms with Gasteiger partial charge in [0.2, 0.25) is 0 Å². The molecule has 2 fully saturated rings. The summed E-state index contributed by atoms with van der Waals surface area (Å²) in [6.07, 6.45) is 18.6. The molecule has 4 nitrogen and oxygen atoms in total. The maximum atomic E-state index is 7.67. The Kier molecular flexibility index (Phi) is 8.53. The third-order valence-corrected chi connectivity index (χ3v) is 10.9. The summed E-state index contributed by atoms with van der Waals surface area (Å²) in [6, 6.07) is 0.217. The van der Waals surface area contributed by atoms with Crippen LogP contribution >= 0.6 is 11.8 Å².